The van der Waals surface area contributed by atoms with Crippen molar-refractivity contribution in [3.8, 4) is 5.75 Å². The van der Waals surface area contributed by atoms with Crippen molar-refractivity contribution in [3.63, 3.8) is 0 Å². The van der Waals surface area contributed by atoms with Gasteiger partial charge in [-0.2, -0.15) is 0 Å². The van der Waals surface area contributed by atoms with Gasteiger partial charge in [-0.1, -0.05) is 11.6 Å². The lowest BCUT2D eigenvalue weighted by molar-refractivity contribution is -0.153. The van der Waals surface area contributed by atoms with Crippen LogP contribution in [0.2, 0.25) is 5.02 Å². The highest BCUT2D eigenvalue weighted by molar-refractivity contribution is 6.31. The van der Waals surface area contributed by atoms with E-state index in [9.17, 15) is 5.11 Å². The zero-order chi connectivity index (χ0) is 11.6. The molecule has 1 N–H and O–H groups in total. The molecule has 0 saturated carbocycles. The normalized spacial score (nSPS) is 17.9. The molecule has 0 atom stereocenters. The molecule has 1 heterocycles. The average Bonchev–Trinajstić information content (AvgIpc) is 2.22. The lowest BCUT2D eigenvalue weighted by atomic mass is 9.88. The number of hydrogen-bond donors (Lipinski definition) is 1. The second-order valence-corrected chi connectivity index (χ2v) is 4.76. The Morgan fingerprint density at radius 3 is 2.75 bits per heavy atom. The third-order valence-corrected chi connectivity index (χ3v) is 3.25. The molecule has 0 unspecified atom stereocenters. The fraction of sp³-hybridized carbons (Fsp3) is 0.500. The predicted octanol–water partition coefficient (Wildman–Crippen LogP) is 2.04. The molecular formula is C12H15ClO3. The van der Waals surface area contributed by atoms with Gasteiger partial charge < -0.3 is 14.6 Å². The van der Waals surface area contributed by atoms with Crippen molar-refractivity contribution in [2.24, 2.45) is 5.41 Å². The van der Waals surface area contributed by atoms with Gasteiger partial charge in [0.1, 0.15) is 12.4 Å². The standard InChI is InChI=1S/C12H15ClO3/c1-9-4-10(2-3-11(9)13)16-8-12(5-14)6-15-7-12/h2-4,14H,5-8H2,1H3. The Bertz CT molecular complexity index is 369. The highest BCUT2D eigenvalue weighted by Crippen LogP contribution is 2.28. The molecule has 4 heteroatoms. The molecule has 0 bridgehead atoms. The summed E-state index contributed by atoms with van der Waals surface area (Å²) in [5, 5.41) is 9.96. The Labute approximate surface area is 99.9 Å². The van der Waals surface area contributed by atoms with Crippen molar-refractivity contribution in [2.75, 3.05) is 26.4 Å². The van der Waals surface area contributed by atoms with Crippen LogP contribution >= 0.6 is 11.6 Å². The van der Waals surface area contributed by atoms with Crippen LogP contribution in [0.4, 0.5) is 0 Å². The van der Waals surface area contributed by atoms with E-state index in [1.54, 1.807) is 0 Å². The predicted molar refractivity (Wildman–Crippen MR) is 62.0 cm³/mol. The molecule has 3 nitrogen and oxygen atoms in total. The van der Waals surface area contributed by atoms with Crippen LogP contribution < -0.4 is 4.74 Å². The van der Waals surface area contributed by atoms with Gasteiger partial charge in [0.15, 0.2) is 0 Å². The van der Waals surface area contributed by atoms with Crippen molar-refractivity contribution < 1.29 is 14.6 Å². The SMILES string of the molecule is Cc1cc(OCC2(CO)COC2)ccc1Cl. The van der Waals surface area contributed by atoms with Crippen LogP contribution in [0, 0.1) is 12.3 Å². The van der Waals surface area contributed by atoms with Crippen LogP contribution in [0.5, 0.6) is 5.75 Å². The van der Waals surface area contributed by atoms with E-state index in [0.717, 1.165) is 16.3 Å². The van der Waals surface area contributed by atoms with E-state index in [0.29, 0.717) is 19.8 Å². The molecule has 0 radical (unpaired) electrons. The Kier molecular flexibility index (Phi) is 3.38. The van der Waals surface area contributed by atoms with Crippen molar-refractivity contribution in [2.45, 2.75) is 6.92 Å². The van der Waals surface area contributed by atoms with Crippen molar-refractivity contribution >= 4 is 11.6 Å². The number of hydrogen-bond acceptors (Lipinski definition) is 3. The van der Waals surface area contributed by atoms with Gasteiger partial charge in [-0.15, -0.1) is 0 Å². The van der Waals surface area contributed by atoms with Crippen LogP contribution in [0.1, 0.15) is 5.56 Å². The molecule has 1 aliphatic heterocycles. The molecule has 0 spiro atoms. The number of aryl methyl sites for hydroxylation is 1. The first-order valence-corrected chi connectivity index (χ1v) is 5.61. The summed E-state index contributed by atoms with van der Waals surface area (Å²) in [7, 11) is 0. The first kappa shape index (κ1) is 11.7. The molecule has 1 fully saturated rings. The van der Waals surface area contributed by atoms with Gasteiger partial charge in [-0.3, -0.25) is 0 Å². The average molecular weight is 243 g/mol. The minimum Gasteiger partial charge on any atom is -0.493 e. The van der Waals surface area contributed by atoms with E-state index in [4.69, 9.17) is 21.1 Å². The summed E-state index contributed by atoms with van der Waals surface area (Å²) in [6.07, 6.45) is 0. The molecule has 88 valence electrons. The van der Waals surface area contributed by atoms with Gasteiger partial charge in [0.05, 0.1) is 25.2 Å². The molecule has 1 aliphatic rings. The number of halogens is 1. The second kappa shape index (κ2) is 4.62. The van der Waals surface area contributed by atoms with Crippen LogP contribution in [0.15, 0.2) is 18.2 Å². The van der Waals surface area contributed by atoms with E-state index in [-0.39, 0.29) is 12.0 Å². The summed E-state index contributed by atoms with van der Waals surface area (Å²) in [5.74, 6) is 0.779. The Balaban J connectivity index is 1.96. The largest absolute Gasteiger partial charge is 0.493 e. The van der Waals surface area contributed by atoms with Crippen LogP contribution in [0.3, 0.4) is 0 Å². The van der Waals surface area contributed by atoms with E-state index in [1.165, 1.54) is 0 Å². The van der Waals surface area contributed by atoms with Crippen molar-refractivity contribution in [1.29, 1.82) is 0 Å². The van der Waals surface area contributed by atoms with E-state index in [1.807, 2.05) is 25.1 Å². The van der Waals surface area contributed by atoms with Crippen LogP contribution in [0.25, 0.3) is 0 Å². The molecule has 1 saturated heterocycles. The van der Waals surface area contributed by atoms with Gasteiger partial charge in [0.25, 0.3) is 0 Å². The summed E-state index contributed by atoms with van der Waals surface area (Å²) >= 11 is 5.92. The summed E-state index contributed by atoms with van der Waals surface area (Å²) < 4.78 is 10.7. The maximum atomic E-state index is 9.23. The fourth-order valence-corrected chi connectivity index (χ4v) is 1.67. The third-order valence-electron chi connectivity index (χ3n) is 2.83. The van der Waals surface area contributed by atoms with Gasteiger partial charge >= 0.3 is 0 Å². The topological polar surface area (TPSA) is 38.7 Å². The van der Waals surface area contributed by atoms with Crippen LogP contribution in [-0.2, 0) is 4.74 Å². The van der Waals surface area contributed by atoms with Gasteiger partial charge in [-0.05, 0) is 30.7 Å². The lowest BCUT2D eigenvalue weighted by Gasteiger charge is -2.39. The molecule has 2 rings (SSSR count). The van der Waals surface area contributed by atoms with E-state index < -0.39 is 0 Å². The van der Waals surface area contributed by atoms with Crippen molar-refractivity contribution in [1.82, 2.24) is 0 Å². The molecule has 0 aromatic heterocycles. The number of rotatable bonds is 4. The minimum absolute atomic E-state index is 0.0968. The maximum Gasteiger partial charge on any atom is 0.119 e. The molecular weight excluding hydrogens is 228 g/mol. The molecule has 16 heavy (non-hydrogen) atoms. The number of aliphatic hydroxyl groups excluding tert-OH is 1. The highest BCUT2D eigenvalue weighted by atomic mass is 35.5. The Morgan fingerprint density at radius 1 is 1.50 bits per heavy atom. The quantitative estimate of drug-likeness (QED) is 0.878. The smallest absolute Gasteiger partial charge is 0.119 e. The summed E-state index contributed by atoms with van der Waals surface area (Å²) in [4.78, 5) is 0. The summed E-state index contributed by atoms with van der Waals surface area (Å²) in [6, 6.07) is 5.54. The second-order valence-electron chi connectivity index (χ2n) is 4.35. The minimum atomic E-state index is -0.215. The maximum absolute atomic E-state index is 9.23. The first-order chi connectivity index (χ1) is 7.65. The summed E-state index contributed by atoms with van der Waals surface area (Å²) in [5.41, 5.74) is 0.773. The van der Waals surface area contributed by atoms with E-state index >= 15 is 0 Å². The zero-order valence-electron chi connectivity index (χ0n) is 9.20. The number of aliphatic hydroxyl groups is 1. The Morgan fingerprint density at radius 2 is 2.25 bits per heavy atom. The Hall–Kier alpha value is -0.770. The third kappa shape index (κ3) is 2.32. The van der Waals surface area contributed by atoms with Gasteiger partial charge in [-0.25, -0.2) is 0 Å². The molecule has 0 amide bonds. The number of ether oxygens (including phenoxy) is 2. The molecule has 0 aliphatic carbocycles. The van der Waals surface area contributed by atoms with Crippen molar-refractivity contribution in [3.05, 3.63) is 28.8 Å². The monoisotopic (exact) mass is 242 g/mol. The van der Waals surface area contributed by atoms with Gasteiger partial charge in [0.2, 0.25) is 0 Å². The van der Waals surface area contributed by atoms with Crippen LogP contribution in [-0.4, -0.2) is 31.5 Å². The zero-order valence-corrected chi connectivity index (χ0v) is 9.96. The highest BCUT2D eigenvalue weighted by Gasteiger charge is 2.39. The number of benzene rings is 1. The molecule has 1 aromatic rings. The first-order valence-electron chi connectivity index (χ1n) is 5.23. The lowest BCUT2D eigenvalue weighted by Crippen LogP contribution is -2.49. The van der Waals surface area contributed by atoms with E-state index in [2.05, 4.69) is 0 Å². The van der Waals surface area contributed by atoms with Gasteiger partial charge in [0, 0.05) is 5.02 Å². The fourth-order valence-electron chi connectivity index (χ4n) is 1.55. The summed E-state index contributed by atoms with van der Waals surface area (Å²) in [6.45, 7) is 3.64. The molecule has 1 aromatic carbocycles.